The third-order valence-corrected chi connectivity index (χ3v) is 5.11. The molecule has 4 rings (SSSR count). The van der Waals surface area contributed by atoms with Crippen molar-refractivity contribution in [3.8, 4) is 0 Å². The fourth-order valence-corrected chi connectivity index (χ4v) is 3.60. The lowest BCUT2D eigenvalue weighted by Gasteiger charge is -2.10. The Balaban J connectivity index is 1.66. The van der Waals surface area contributed by atoms with Gasteiger partial charge in [0.15, 0.2) is 10.8 Å². The molecule has 1 amide bonds. The summed E-state index contributed by atoms with van der Waals surface area (Å²) in [5, 5.41) is 8.84. The van der Waals surface area contributed by atoms with Crippen LogP contribution in [0.1, 0.15) is 5.69 Å². The van der Waals surface area contributed by atoms with E-state index < -0.39 is 0 Å². The van der Waals surface area contributed by atoms with Gasteiger partial charge < -0.3 is 5.32 Å². The first-order chi connectivity index (χ1) is 13.5. The molecule has 0 unspecified atom stereocenters. The Morgan fingerprint density at radius 2 is 2.00 bits per heavy atom. The van der Waals surface area contributed by atoms with Crippen LogP contribution < -0.4 is 10.9 Å². The highest BCUT2D eigenvalue weighted by Crippen LogP contribution is 2.23. The van der Waals surface area contributed by atoms with Gasteiger partial charge in [0.25, 0.3) is 5.56 Å². The fraction of sp³-hybridized carbons (Fsp3) is 0.105. The second-order valence-electron chi connectivity index (χ2n) is 6.00. The average Bonchev–Trinajstić information content (AvgIpc) is 2.67. The number of nitrogens with one attached hydrogen (secondary N) is 1. The van der Waals surface area contributed by atoms with E-state index in [4.69, 9.17) is 11.6 Å². The molecule has 0 bridgehead atoms. The van der Waals surface area contributed by atoms with E-state index in [2.05, 4.69) is 20.4 Å². The summed E-state index contributed by atoms with van der Waals surface area (Å²) in [6, 6.07) is 14.3. The molecule has 2 aromatic heterocycles. The van der Waals surface area contributed by atoms with Crippen molar-refractivity contribution >= 4 is 51.5 Å². The van der Waals surface area contributed by atoms with Gasteiger partial charge in [-0.3, -0.25) is 9.59 Å². The van der Waals surface area contributed by atoms with E-state index in [0.29, 0.717) is 27.0 Å². The van der Waals surface area contributed by atoms with Gasteiger partial charge >= 0.3 is 0 Å². The maximum absolute atomic E-state index is 12.3. The van der Waals surface area contributed by atoms with Crippen molar-refractivity contribution in [2.24, 2.45) is 0 Å². The Bertz CT molecular complexity index is 1270. The molecule has 28 heavy (non-hydrogen) atoms. The lowest BCUT2D eigenvalue weighted by atomic mass is 10.2. The number of fused-ring (bicyclic) bond motifs is 3. The van der Waals surface area contributed by atoms with Crippen LogP contribution in [-0.4, -0.2) is 31.2 Å². The highest BCUT2D eigenvalue weighted by molar-refractivity contribution is 7.99. The number of para-hydroxylation sites is 1. The zero-order valence-electron chi connectivity index (χ0n) is 14.7. The zero-order valence-corrected chi connectivity index (χ0v) is 16.3. The Morgan fingerprint density at radius 1 is 1.18 bits per heavy atom. The molecule has 0 fully saturated rings. The predicted molar refractivity (Wildman–Crippen MR) is 110 cm³/mol. The molecule has 9 heteroatoms. The Labute approximate surface area is 168 Å². The summed E-state index contributed by atoms with van der Waals surface area (Å²) in [7, 11) is 0. The number of carbonyl (C=O) groups is 1. The lowest BCUT2D eigenvalue weighted by Crippen LogP contribution is -2.19. The van der Waals surface area contributed by atoms with Crippen molar-refractivity contribution in [1.29, 1.82) is 0 Å². The van der Waals surface area contributed by atoms with Crippen molar-refractivity contribution in [1.82, 2.24) is 19.6 Å². The van der Waals surface area contributed by atoms with Gasteiger partial charge in [-0.25, -0.2) is 4.98 Å². The molecule has 140 valence electrons. The molecular weight excluding hydrogens is 398 g/mol. The smallest absolute Gasteiger partial charge is 0.294 e. The van der Waals surface area contributed by atoms with Crippen LogP contribution >= 0.6 is 23.4 Å². The first-order valence-corrected chi connectivity index (χ1v) is 9.72. The minimum absolute atomic E-state index is 0.111. The summed E-state index contributed by atoms with van der Waals surface area (Å²) in [5.41, 5.74) is 1.59. The van der Waals surface area contributed by atoms with Crippen LogP contribution in [-0.2, 0) is 4.79 Å². The maximum atomic E-state index is 12.3. The molecule has 0 aliphatic rings. The molecule has 0 atom stereocenters. The summed E-state index contributed by atoms with van der Waals surface area (Å²) >= 11 is 7.15. The van der Waals surface area contributed by atoms with Gasteiger partial charge in [-0.05, 0) is 37.3 Å². The van der Waals surface area contributed by atoms with Crippen molar-refractivity contribution < 1.29 is 4.79 Å². The van der Waals surface area contributed by atoms with Gasteiger partial charge in [0.2, 0.25) is 5.91 Å². The number of aromatic nitrogens is 4. The van der Waals surface area contributed by atoms with Crippen molar-refractivity contribution in [2.45, 2.75) is 12.1 Å². The molecule has 2 aromatic carbocycles. The number of rotatable bonds is 4. The number of halogens is 1. The second-order valence-corrected chi connectivity index (χ2v) is 7.38. The van der Waals surface area contributed by atoms with E-state index >= 15 is 0 Å². The summed E-state index contributed by atoms with van der Waals surface area (Å²) in [6.07, 6.45) is 0. The highest BCUT2D eigenvalue weighted by Gasteiger charge is 2.14. The Hall–Kier alpha value is -2.97. The predicted octanol–water partition coefficient (Wildman–Crippen LogP) is 3.33. The summed E-state index contributed by atoms with van der Waals surface area (Å²) in [5.74, 6) is -0.0964. The summed E-state index contributed by atoms with van der Waals surface area (Å²) in [4.78, 5) is 33.0. The maximum Gasteiger partial charge on any atom is 0.294 e. The number of aryl methyl sites for hydroxylation is 1. The van der Waals surface area contributed by atoms with E-state index in [9.17, 15) is 9.59 Å². The number of nitrogens with zero attached hydrogens (tertiary/aromatic N) is 4. The number of thioether (sulfide) groups is 1. The summed E-state index contributed by atoms with van der Waals surface area (Å²) in [6.45, 7) is 1.59. The molecule has 0 radical (unpaired) electrons. The zero-order chi connectivity index (χ0) is 19.7. The molecule has 0 saturated carbocycles. The first kappa shape index (κ1) is 18.4. The molecule has 2 heterocycles. The number of benzene rings is 2. The van der Waals surface area contributed by atoms with E-state index in [1.54, 1.807) is 31.2 Å². The standard InChI is InChI=1S/C19H14ClN5O2S/c1-11-18(27)23-17-14-7-2-3-8-15(14)22-19(25(17)24-11)28-10-16(26)21-13-6-4-5-12(20)9-13/h2-9H,10H2,1H3,(H,21,26). The number of amides is 1. The van der Waals surface area contributed by atoms with Crippen LogP contribution in [0.15, 0.2) is 58.5 Å². The largest absolute Gasteiger partial charge is 0.325 e. The second kappa shape index (κ2) is 7.57. The fourth-order valence-electron chi connectivity index (χ4n) is 2.67. The number of hydrogen-bond acceptors (Lipinski definition) is 6. The van der Waals surface area contributed by atoms with E-state index in [1.807, 2.05) is 24.3 Å². The molecule has 0 aliphatic heterocycles. The topological polar surface area (TPSA) is 89.2 Å². The van der Waals surface area contributed by atoms with Gasteiger partial charge in [0.1, 0.15) is 5.69 Å². The monoisotopic (exact) mass is 411 g/mol. The third-order valence-electron chi connectivity index (χ3n) is 3.95. The van der Waals surface area contributed by atoms with Crippen molar-refractivity contribution in [3.05, 3.63) is 69.6 Å². The van der Waals surface area contributed by atoms with Gasteiger partial charge in [-0.15, -0.1) is 0 Å². The number of hydrogen-bond donors (Lipinski definition) is 1. The number of anilines is 1. The van der Waals surface area contributed by atoms with Crippen molar-refractivity contribution in [2.75, 3.05) is 11.1 Å². The van der Waals surface area contributed by atoms with Gasteiger partial charge in [-0.2, -0.15) is 14.6 Å². The van der Waals surface area contributed by atoms with Gasteiger partial charge in [0, 0.05) is 16.1 Å². The molecule has 4 aromatic rings. The molecular formula is C19H14ClN5O2S. The van der Waals surface area contributed by atoms with Crippen molar-refractivity contribution in [3.63, 3.8) is 0 Å². The van der Waals surface area contributed by atoms with Crippen LogP contribution in [0.25, 0.3) is 16.6 Å². The lowest BCUT2D eigenvalue weighted by molar-refractivity contribution is -0.113. The van der Waals surface area contributed by atoms with Crippen LogP contribution in [0.3, 0.4) is 0 Å². The quantitative estimate of drug-likeness (QED) is 0.315. The SMILES string of the molecule is Cc1nn2c(SCC(=O)Nc3cccc(Cl)c3)nc3ccccc3c2nc1=O. The first-order valence-electron chi connectivity index (χ1n) is 8.36. The Kier molecular flexibility index (Phi) is 4.97. The summed E-state index contributed by atoms with van der Waals surface area (Å²) < 4.78 is 1.51. The minimum atomic E-state index is -0.383. The molecule has 1 N–H and O–H groups in total. The normalized spacial score (nSPS) is 11.1. The molecule has 0 saturated heterocycles. The average molecular weight is 412 g/mol. The van der Waals surface area contributed by atoms with Crippen LogP contribution in [0.2, 0.25) is 5.02 Å². The molecule has 0 aliphatic carbocycles. The van der Waals surface area contributed by atoms with E-state index in [1.165, 1.54) is 16.3 Å². The highest BCUT2D eigenvalue weighted by atomic mass is 35.5. The Morgan fingerprint density at radius 3 is 2.82 bits per heavy atom. The van der Waals surface area contributed by atoms with E-state index in [0.717, 1.165) is 5.39 Å². The molecule has 7 nitrogen and oxygen atoms in total. The minimum Gasteiger partial charge on any atom is -0.325 e. The van der Waals surface area contributed by atoms with Gasteiger partial charge in [-0.1, -0.05) is 41.6 Å². The van der Waals surface area contributed by atoms with Gasteiger partial charge in [0.05, 0.1) is 11.3 Å². The third kappa shape index (κ3) is 3.69. The molecule has 0 spiro atoms. The van der Waals surface area contributed by atoms with Crippen LogP contribution in [0, 0.1) is 6.92 Å². The van der Waals surface area contributed by atoms with Crippen LogP contribution in [0.4, 0.5) is 5.69 Å². The van der Waals surface area contributed by atoms with Crippen LogP contribution in [0.5, 0.6) is 0 Å². The van der Waals surface area contributed by atoms with E-state index in [-0.39, 0.29) is 22.9 Å². The number of carbonyl (C=O) groups excluding carboxylic acids is 1.